The average Bonchev–Trinajstić information content (AvgIpc) is 2.35. The van der Waals surface area contributed by atoms with Crippen molar-refractivity contribution in [3.63, 3.8) is 0 Å². The van der Waals surface area contributed by atoms with Gasteiger partial charge in [0.1, 0.15) is 0 Å². The fraction of sp³-hybridized carbons (Fsp3) is 0.188. The van der Waals surface area contributed by atoms with E-state index in [1.807, 2.05) is 50.2 Å². The number of rotatable bonds is 3. The van der Waals surface area contributed by atoms with Crippen LogP contribution in [0.5, 0.6) is 0 Å². The molecule has 0 unspecified atom stereocenters. The Morgan fingerprint density at radius 3 is 2.37 bits per heavy atom. The van der Waals surface area contributed by atoms with Crippen LogP contribution in [0.15, 0.2) is 40.9 Å². The molecular formula is C16H14BrClO. The van der Waals surface area contributed by atoms with E-state index in [0.29, 0.717) is 11.4 Å². The van der Waals surface area contributed by atoms with E-state index in [-0.39, 0.29) is 5.78 Å². The van der Waals surface area contributed by atoms with E-state index < -0.39 is 0 Å². The van der Waals surface area contributed by atoms with Crippen molar-refractivity contribution in [2.45, 2.75) is 20.3 Å². The van der Waals surface area contributed by atoms with Crippen LogP contribution in [0.3, 0.4) is 0 Å². The van der Waals surface area contributed by atoms with E-state index in [4.69, 9.17) is 11.6 Å². The van der Waals surface area contributed by atoms with Crippen LogP contribution >= 0.6 is 27.5 Å². The van der Waals surface area contributed by atoms with E-state index >= 15 is 0 Å². The highest BCUT2D eigenvalue weighted by Gasteiger charge is 2.10. The van der Waals surface area contributed by atoms with E-state index in [1.54, 1.807) is 0 Å². The lowest BCUT2D eigenvalue weighted by atomic mass is 9.99. The molecule has 98 valence electrons. The fourth-order valence-electron chi connectivity index (χ4n) is 2.04. The second kappa shape index (κ2) is 5.89. The van der Waals surface area contributed by atoms with Crippen LogP contribution in [0, 0.1) is 13.8 Å². The number of hydrogen-bond acceptors (Lipinski definition) is 1. The van der Waals surface area contributed by atoms with Gasteiger partial charge in [0, 0.05) is 21.5 Å². The maximum Gasteiger partial charge on any atom is 0.167 e. The van der Waals surface area contributed by atoms with Crippen LogP contribution in [0.4, 0.5) is 0 Å². The second-order valence-electron chi connectivity index (χ2n) is 4.65. The maximum absolute atomic E-state index is 12.3. The van der Waals surface area contributed by atoms with Crippen molar-refractivity contribution in [1.29, 1.82) is 0 Å². The van der Waals surface area contributed by atoms with Crippen LogP contribution < -0.4 is 0 Å². The monoisotopic (exact) mass is 336 g/mol. The summed E-state index contributed by atoms with van der Waals surface area (Å²) in [7, 11) is 0. The van der Waals surface area contributed by atoms with Gasteiger partial charge in [0.15, 0.2) is 5.78 Å². The first-order valence-corrected chi connectivity index (χ1v) is 7.19. The summed E-state index contributed by atoms with van der Waals surface area (Å²) < 4.78 is 1.06. The van der Waals surface area contributed by atoms with E-state index in [9.17, 15) is 4.79 Å². The molecule has 0 spiro atoms. The number of benzene rings is 2. The predicted octanol–water partition coefficient (Wildman–Crippen LogP) is 5.14. The Kier molecular flexibility index (Phi) is 4.43. The number of carbonyl (C=O) groups excluding carboxylic acids is 1. The molecular weight excluding hydrogens is 324 g/mol. The summed E-state index contributed by atoms with van der Waals surface area (Å²) in [6.07, 6.45) is 0.376. The quantitative estimate of drug-likeness (QED) is 0.708. The zero-order valence-corrected chi connectivity index (χ0v) is 13.2. The zero-order valence-electron chi connectivity index (χ0n) is 10.8. The topological polar surface area (TPSA) is 17.1 Å². The summed E-state index contributed by atoms with van der Waals surface area (Å²) in [6.45, 7) is 3.99. The predicted molar refractivity (Wildman–Crippen MR) is 83.1 cm³/mol. The summed E-state index contributed by atoms with van der Waals surface area (Å²) >= 11 is 9.44. The van der Waals surface area contributed by atoms with Crippen LogP contribution in [0.1, 0.15) is 27.0 Å². The van der Waals surface area contributed by atoms with Crippen molar-refractivity contribution in [1.82, 2.24) is 0 Å². The van der Waals surface area contributed by atoms with E-state index in [1.165, 1.54) is 0 Å². The minimum atomic E-state index is 0.112. The van der Waals surface area contributed by atoms with Gasteiger partial charge < -0.3 is 0 Å². The number of halogens is 2. The van der Waals surface area contributed by atoms with Gasteiger partial charge in [-0.05, 0) is 54.8 Å². The van der Waals surface area contributed by atoms with Crippen molar-refractivity contribution in [3.8, 4) is 0 Å². The molecule has 0 saturated carbocycles. The summed E-state index contributed by atoms with van der Waals surface area (Å²) in [4.78, 5) is 12.3. The molecule has 2 aromatic rings. The lowest BCUT2D eigenvalue weighted by molar-refractivity contribution is 0.0993. The summed E-state index contributed by atoms with van der Waals surface area (Å²) in [5, 5.41) is 0.661. The first kappa shape index (κ1) is 14.3. The van der Waals surface area contributed by atoms with Crippen LogP contribution in [-0.2, 0) is 6.42 Å². The highest BCUT2D eigenvalue weighted by molar-refractivity contribution is 9.10. The largest absolute Gasteiger partial charge is 0.294 e. The molecule has 0 heterocycles. The molecule has 2 rings (SSSR count). The Morgan fingerprint density at radius 2 is 1.79 bits per heavy atom. The Bertz CT molecular complexity index is 611. The molecule has 0 aliphatic carbocycles. The van der Waals surface area contributed by atoms with Gasteiger partial charge >= 0.3 is 0 Å². The minimum Gasteiger partial charge on any atom is -0.294 e. The third-order valence-electron chi connectivity index (χ3n) is 3.01. The SMILES string of the molecule is Cc1cc(C(=O)Cc2cccc(Cl)c2)cc(C)c1Br. The van der Waals surface area contributed by atoms with Crippen molar-refractivity contribution >= 4 is 33.3 Å². The normalized spacial score (nSPS) is 10.5. The van der Waals surface area contributed by atoms with Gasteiger partial charge in [-0.25, -0.2) is 0 Å². The van der Waals surface area contributed by atoms with Crippen molar-refractivity contribution < 1.29 is 4.79 Å². The summed E-state index contributed by atoms with van der Waals surface area (Å²) in [6, 6.07) is 11.3. The number of Topliss-reactive ketones (excluding diaryl/α,β-unsaturated/α-hetero) is 1. The van der Waals surface area contributed by atoms with Gasteiger partial charge in [-0.1, -0.05) is 39.7 Å². The fourth-order valence-corrected chi connectivity index (χ4v) is 2.48. The van der Waals surface area contributed by atoms with Crippen LogP contribution in [0.25, 0.3) is 0 Å². The first-order chi connectivity index (χ1) is 8.97. The Hall–Kier alpha value is -1.12. The van der Waals surface area contributed by atoms with E-state index in [2.05, 4.69) is 15.9 Å². The molecule has 0 atom stereocenters. The van der Waals surface area contributed by atoms with Gasteiger partial charge in [-0.3, -0.25) is 4.79 Å². The van der Waals surface area contributed by atoms with Gasteiger partial charge in [0.05, 0.1) is 0 Å². The van der Waals surface area contributed by atoms with Crippen LogP contribution in [0.2, 0.25) is 5.02 Å². The number of ketones is 1. The number of hydrogen-bond donors (Lipinski definition) is 0. The standard InChI is InChI=1S/C16H14BrClO/c1-10-6-13(7-11(2)16(10)17)15(19)9-12-4-3-5-14(18)8-12/h3-8H,9H2,1-2H3. The van der Waals surface area contributed by atoms with Crippen LogP contribution in [-0.4, -0.2) is 5.78 Å². The summed E-state index contributed by atoms with van der Waals surface area (Å²) in [5.74, 6) is 0.112. The van der Waals surface area contributed by atoms with Gasteiger partial charge in [0.25, 0.3) is 0 Å². The third-order valence-corrected chi connectivity index (χ3v) is 4.50. The third kappa shape index (κ3) is 3.46. The first-order valence-electron chi connectivity index (χ1n) is 6.02. The zero-order chi connectivity index (χ0) is 14.0. The summed E-state index contributed by atoms with van der Waals surface area (Å²) in [5.41, 5.74) is 3.85. The molecule has 0 radical (unpaired) electrons. The molecule has 0 aromatic heterocycles. The smallest absolute Gasteiger partial charge is 0.167 e. The van der Waals surface area contributed by atoms with Crippen molar-refractivity contribution in [3.05, 3.63) is 68.1 Å². The molecule has 0 N–H and O–H groups in total. The highest BCUT2D eigenvalue weighted by atomic mass is 79.9. The highest BCUT2D eigenvalue weighted by Crippen LogP contribution is 2.23. The van der Waals surface area contributed by atoms with Gasteiger partial charge in [-0.15, -0.1) is 0 Å². The lowest BCUT2D eigenvalue weighted by Crippen LogP contribution is -2.04. The Labute approximate surface area is 126 Å². The molecule has 0 saturated heterocycles. The molecule has 19 heavy (non-hydrogen) atoms. The second-order valence-corrected chi connectivity index (χ2v) is 5.88. The molecule has 1 nitrogen and oxygen atoms in total. The molecule has 0 aliphatic rings. The van der Waals surface area contributed by atoms with Crippen molar-refractivity contribution in [2.75, 3.05) is 0 Å². The minimum absolute atomic E-state index is 0.112. The number of aryl methyl sites for hydroxylation is 2. The lowest BCUT2D eigenvalue weighted by Gasteiger charge is -2.07. The van der Waals surface area contributed by atoms with Gasteiger partial charge in [-0.2, -0.15) is 0 Å². The molecule has 0 aliphatic heterocycles. The molecule has 2 aromatic carbocycles. The number of carbonyl (C=O) groups is 1. The van der Waals surface area contributed by atoms with E-state index in [0.717, 1.165) is 26.7 Å². The van der Waals surface area contributed by atoms with Gasteiger partial charge in [0.2, 0.25) is 0 Å². The maximum atomic E-state index is 12.3. The molecule has 0 amide bonds. The average molecular weight is 338 g/mol. The molecule has 3 heteroatoms. The Balaban J connectivity index is 2.25. The van der Waals surface area contributed by atoms with Crippen molar-refractivity contribution in [2.24, 2.45) is 0 Å². The molecule has 0 fully saturated rings. The molecule has 0 bridgehead atoms. The Morgan fingerprint density at radius 1 is 1.16 bits per heavy atom.